The van der Waals surface area contributed by atoms with Gasteiger partial charge in [-0.2, -0.15) is 103 Å². The zero-order valence-corrected chi connectivity index (χ0v) is 76.0. The predicted molar refractivity (Wildman–Crippen MR) is 476 cm³/mol. The molecule has 0 saturated carbocycles. The van der Waals surface area contributed by atoms with Gasteiger partial charge in [-0.25, -0.2) is 15.0 Å². The van der Waals surface area contributed by atoms with Gasteiger partial charge in [0.15, 0.2) is 0 Å². The van der Waals surface area contributed by atoms with Gasteiger partial charge in [0.2, 0.25) is 36.2 Å². The number of amides is 6. The molecule has 0 saturated heterocycles. The summed E-state index contributed by atoms with van der Waals surface area (Å²) in [6.45, 7) is 6.34. The number of alkyl halides is 18. The molecule has 0 aliphatic carbocycles. The number of likely N-dealkylation sites (N-methyl/N-ethyl adjacent to an activating group) is 3. The molecule has 0 fully saturated rings. The molecule has 9 atom stereocenters. The van der Waals surface area contributed by atoms with Gasteiger partial charge < -0.3 is 35.6 Å². The first-order valence-electron chi connectivity index (χ1n) is 43.1. The molecule has 726 valence electrons. The van der Waals surface area contributed by atoms with Gasteiger partial charge in [-0.1, -0.05) is 179 Å². The molecule has 6 aromatic rings. The molecule has 6 aromatic carbocycles. The second kappa shape index (κ2) is 50.2. The van der Waals surface area contributed by atoms with Crippen LogP contribution in [0, 0.1) is 41.4 Å². The normalized spacial score (nSPS) is 17.0. The second-order valence-corrected chi connectivity index (χ2v) is 35.2. The first-order chi connectivity index (χ1) is 62.4. The van der Waals surface area contributed by atoms with Crippen molar-refractivity contribution in [3.63, 3.8) is 0 Å². The van der Waals surface area contributed by atoms with Crippen LogP contribution in [-0.4, -0.2) is 195 Å². The number of rotatable bonds is 41. The van der Waals surface area contributed by atoms with E-state index in [1.165, 1.54) is 35.8 Å². The van der Waals surface area contributed by atoms with Crippen molar-refractivity contribution in [2.45, 2.75) is 185 Å². The van der Waals surface area contributed by atoms with Crippen LogP contribution >= 0.6 is 23.5 Å². The van der Waals surface area contributed by atoms with E-state index >= 15 is 0 Å². The van der Waals surface area contributed by atoms with E-state index in [0.29, 0.717) is 111 Å². The summed E-state index contributed by atoms with van der Waals surface area (Å²) in [6, 6.07) is 46.7. The summed E-state index contributed by atoms with van der Waals surface area (Å²) in [5, 5.41) is 7.18. The van der Waals surface area contributed by atoms with Gasteiger partial charge in [0, 0.05) is 147 Å². The third-order valence-electron chi connectivity index (χ3n) is 22.1. The molecule has 3 aliphatic heterocycles. The number of nitrogens with zero attached hydrogens (tertiary/aromatic N) is 7. The number of benzodiazepines with no additional fused rings is 3. The summed E-state index contributed by atoms with van der Waals surface area (Å²) in [5.74, 6) is -17.2. The largest absolute Gasteiger partial charge is 0.389 e. The highest BCUT2D eigenvalue weighted by Crippen LogP contribution is 2.41. The Balaban J connectivity index is 0.000000272. The van der Waals surface area contributed by atoms with Crippen LogP contribution in [0.5, 0.6) is 0 Å². The number of unbranched alkanes of at least 4 members (excludes halogenated alkanes) is 1. The Morgan fingerprint density at radius 1 is 0.361 bits per heavy atom. The molecular formula is C94H108F18N10O9S2. The fourth-order valence-corrected chi connectivity index (χ4v) is 17.2. The van der Waals surface area contributed by atoms with Gasteiger partial charge >= 0.3 is 37.1 Å². The van der Waals surface area contributed by atoms with E-state index in [-0.39, 0.29) is 17.9 Å². The number of carbonyl (C=O) groups is 9. The lowest BCUT2D eigenvalue weighted by atomic mass is 9.79. The lowest BCUT2D eigenvalue weighted by Gasteiger charge is -2.28. The van der Waals surface area contributed by atoms with Gasteiger partial charge in [-0.05, 0) is 95.3 Å². The summed E-state index contributed by atoms with van der Waals surface area (Å²) in [5.41, 5.74) is 5.82. The highest BCUT2D eigenvalue weighted by Gasteiger charge is 2.47. The molecule has 19 nitrogen and oxygen atoms in total. The highest BCUT2D eigenvalue weighted by molar-refractivity contribution is 8.00. The Morgan fingerprint density at radius 2 is 0.617 bits per heavy atom. The van der Waals surface area contributed by atoms with Crippen LogP contribution in [0.3, 0.4) is 0 Å². The van der Waals surface area contributed by atoms with Crippen LogP contribution in [-0.2, 0) is 43.2 Å². The van der Waals surface area contributed by atoms with Crippen molar-refractivity contribution in [2.24, 2.45) is 56.4 Å². The Kier molecular flexibility index (Phi) is 41.4. The van der Waals surface area contributed by atoms with Gasteiger partial charge in [0.25, 0.3) is 17.7 Å². The predicted octanol–water partition coefficient (Wildman–Crippen LogP) is 19.9. The molecule has 0 unspecified atom stereocenters. The number of hydrogen-bond donors (Lipinski definition) is 3. The Labute approximate surface area is 768 Å². The minimum atomic E-state index is -4.74. The third kappa shape index (κ3) is 35.4. The van der Waals surface area contributed by atoms with Crippen LogP contribution in [0.4, 0.5) is 96.1 Å². The molecule has 3 heterocycles. The SMILES string of the molecule is CC(C)CCCCC(=O)[C@@H](CCC(F)(F)F)[C@@H](CCC(F)(F)F)C(=O)N[C@H]1N=C(c2ccccc2)c2ccccc2N(C)C1=O.CCCSCC(=O)[C@@H](CCC(F)(F)F)[C@@H](CCC(F)(F)F)C(=O)N[C@H]1N=C(c2ccccc2)c2ccccc2N(C)C1=O.CN(C)CCSCC(=O)[C@@H](CCC(F)(F)F)[C@@H](CCC(F)(F)F)C(=O)N[C@H]1N=C(c2ccccc2)c2ccccc2N(C)C1=O. The summed E-state index contributed by atoms with van der Waals surface area (Å²) < 4.78 is 240. The van der Waals surface area contributed by atoms with E-state index in [1.54, 1.807) is 178 Å². The smallest absolute Gasteiger partial charge is 0.326 e. The van der Waals surface area contributed by atoms with E-state index in [4.69, 9.17) is 0 Å². The van der Waals surface area contributed by atoms with Crippen molar-refractivity contribution in [1.29, 1.82) is 0 Å². The maximum Gasteiger partial charge on any atom is 0.389 e. The average Bonchev–Trinajstić information content (AvgIpc) is 1.65. The lowest BCUT2D eigenvalue weighted by Crippen LogP contribution is -2.49. The van der Waals surface area contributed by atoms with Gasteiger partial charge in [-0.15, -0.1) is 0 Å². The minimum absolute atomic E-state index is 0.165. The van der Waals surface area contributed by atoms with E-state index in [0.717, 1.165) is 29.9 Å². The Bertz CT molecular complexity index is 4750. The average molecular weight is 1930 g/mol. The number of nitrogens with one attached hydrogen (secondary N) is 3. The monoisotopic (exact) mass is 1930 g/mol. The van der Waals surface area contributed by atoms with Gasteiger partial charge in [0.05, 0.1) is 45.7 Å². The summed E-state index contributed by atoms with van der Waals surface area (Å²) in [6.07, 6.45) is -45.1. The van der Waals surface area contributed by atoms with Crippen LogP contribution in [0.1, 0.15) is 163 Å². The van der Waals surface area contributed by atoms with Crippen LogP contribution in [0.25, 0.3) is 0 Å². The van der Waals surface area contributed by atoms with Crippen molar-refractivity contribution in [3.05, 3.63) is 197 Å². The zero-order chi connectivity index (χ0) is 98.5. The number of anilines is 3. The second-order valence-electron chi connectivity index (χ2n) is 33.0. The number of thioether (sulfide) groups is 2. The number of carbonyl (C=O) groups excluding carboxylic acids is 9. The van der Waals surface area contributed by atoms with E-state index in [2.05, 4.69) is 30.9 Å². The molecular weight excluding hydrogens is 1820 g/mol. The van der Waals surface area contributed by atoms with Crippen molar-refractivity contribution in [1.82, 2.24) is 20.9 Å². The highest BCUT2D eigenvalue weighted by atomic mass is 32.2. The molecule has 133 heavy (non-hydrogen) atoms. The van der Waals surface area contributed by atoms with E-state index < -0.39 is 221 Å². The molecule has 3 aliphatic rings. The van der Waals surface area contributed by atoms with Gasteiger partial charge in [-0.3, -0.25) is 43.2 Å². The molecule has 39 heteroatoms. The fourth-order valence-electron chi connectivity index (χ4n) is 15.3. The maximum absolute atomic E-state index is 13.7. The van der Waals surface area contributed by atoms with Crippen molar-refractivity contribution in [2.75, 3.05) is 79.5 Å². The molecule has 9 rings (SSSR count). The summed E-state index contributed by atoms with van der Waals surface area (Å²) >= 11 is 2.26. The van der Waals surface area contributed by atoms with Crippen molar-refractivity contribution >= 4 is 111 Å². The zero-order valence-electron chi connectivity index (χ0n) is 74.3. The number of benzene rings is 6. The molecule has 0 aromatic heterocycles. The molecule has 0 bridgehead atoms. The number of para-hydroxylation sites is 3. The Hall–Kier alpha value is -10.4. The topological polar surface area (TPSA) is 240 Å². The quantitative estimate of drug-likeness (QED) is 0.0240. The van der Waals surface area contributed by atoms with Crippen LogP contribution in [0.15, 0.2) is 179 Å². The lowest BCUT2D eigenvalue weighted by molar-refractivity contribution is -0.152. The number of fused-ring (bicyclic) bond motifs is 3. The van der Waals surface area contributed by atoms with Gasteiger partial charge in [0.1, 0.15) is 17.3 Å². The van der Waals surface area contributed by atoms with Crippen LogP contribution < -0.4 is 30.7 Å². The number of Topliss-reactive ketones (excluding diaryl/α,β-unsaturated/α-hetero) is 3. The third-order valence-corrected chi connectivity index (χ3v) is 24.3. The summed E-state index contributed by atoms with van der Waals surface area (Å²) in [4.78, 5) is 141. The first kappa shape index (κ1) is 110. The molecule has 3 N–H and O–H groups in total. The Morgan fingerprint density at radius 3 is 0.880 bits per heavy atom. The number of aliphatic imine (C=N–C) groups is 3. The molecule has 6 amide bonds. The number of ketones is 3. The number of hydrogen-bond acceptors (Lipinski definition) is 15. The van der Waals surface area contributed by atoms with Crippen LogP contribution in [0.2, 0.25) is 0 Å². The number of halogens is 18. The fraction of sp³-hybridized carbons (Fsp3) is 0.489. The minimum Gasteiger partial charge on any atom is -0.326 e. The van der Waals surface area contributed by atoms with E-state index in [9.17, 15) is 122 Å². The standard InChI is InChI=1S/C33H39F6N3O3.C31H36F6N4O3S.C30H33F6N3O3S/c1-21(2)11-7-10-16-27(43)23(17-19-32(34,35)36)24(18-20-33(37,38)39)30(44)41-29-31(45)42(3)26-15-9-8-14-25(26)28(40-29)22-12-5-4-6-13-22;1-40(2)17-18-45-19-25(42)21(13-15-30(32,33)34)22(14-16-31(35,36)37)28(43)39-27-29(44)41(3)24-12-8-7-11-23(24)26(38-27)20-9-5-4-6-10-20;1-3-17-43-18-24(40)20(13-15-29(31,32)33)21(14-16-30(34,35)36)27(41)38-26-28(42)39(2)23-12-8-7-11-22(23)25(37-26)19-9-5-4-6-10-19/h4-6,8-9,12-15,21,23-24,29H,7,10-11,16-20H2,1-3H3,(H,41,44);4-12,21-22,27H,13-19H2,1-3H3,(H,39,43);4-12,20-21,26H,3,13-18H2,1-2H3,(H,38,41)/t23-,24+,29+;21-,22+,27+;20-,21+,26+/m000/s1. The van der Waals surface area contributed by atoms with Crippen molar-refractivity contribution in [3.8, 4) is 0 Å². The van der Waals surface area contributed by atoms with E-state index in [1.807, 2.05) is 25.7 Å². The maximum atomic E-state index is 13.7. The summed E-state index contributed by atoms with van der Waals surface area (Å²) in [7, 11) is 7.94. The molecule has 0 radical (unpaired) electrons. The van der Waals surface area contributed by atoms with Crippen molar-refractivity contribution < 1.29 is 122 Å². The first-order valence-corrected chi connectivity index (χ1v) is 45.4. The molecule has 0 spiro atoms.